The fourth-order valence-corrected chi connectivity index (χ4v) is 0.426. The molecule has 0 aromatic carbocycles. The Morgan fingerprint density at radius 1 is 1.75 bits per heavy atom. The Balaban J connectivity index is 3.81. The third-order valence-corrected chi connectivity index (χ3v) is 1.05. The van der Waals surface area contributed by atoms with E-state index < -0.39 is 11.7 Å². The van der Waals surface area contributed by atoms with E-state index in [9.17, 15) is 4.79 Å². The van der Waals surface area contributed by atoms with Crippen molar-refractivity contribution in [2.45, 2.75) is 19.8 Å². The molecule has 0 aromatic heterocycles. The molecule has 0 saturated carbocycles. The van der Waals surface area contributed by atoms with Crippen molar-refractivity contribution in [1.82, 2.24) is 0 Å². The molecule has 0 atom stereocenters. The number of nitriles is 1. The van der Waals surface area contributed by atoms with Crippen molar-refractivity contribution in [2.24, 2.45) is 5.16 Å². The van der Waals surface area contributed by atoms with Crippen molar-refractivity contribution in [2.75, 3.05) is 6.61 Å². The van der Waals surface area contributed by atoms with Crippen LogP contribution >= 0.6 is 0 Å². The Hall–Kier alpha value is -1.57. The predicted molar refractivity (Wildman–Crippen MR) is 41.5 cm³/mol. The monoisotopic (exact) mass is 170 g/mol. The first kappa shape index (κ1) is 10.4. The second-order valence-electron chi connectivity index (χ2n) is 2.04. The van der Waals surface area contributed by atoms with E-state index in [2.05, 4.69) is 9.99 Å². The van der Waals surface area contributed by atoms with Gasteiger partial charge in [-0.2, -0.15) is 5.26 Å². The third kappa shape index (κ3) is 4.28. The molecule has 0 radical (unpaired) electrons. The zero-order valence-electron chi connectivity index (χ0n) is 6.78. The molecule has 0 amide bonds. The minimum absolute atomic E-state index is 0.342. The van der Waals surface area contributed by atoms with Crippen LogP contribution in [0.4, 0.5) is 0 Å². The molecule has 0 aliphatic rings. The number of unbranched alkanes of at least 4 members (excludes halogenated alkanes) is 1. The number of carboxylic acids is 1. The highest BCUT2D eigenvalue weighted by Crippen LogP contribution is 1.89. The fourth-order valence-electron chi connectivity index (χ4n) is 0.426. The van der Waals surface area contributed by atoms with Crippen molar-refractivity contribution in [3.05, 3.63) is 0 Å². The summed E-state index contributed by atoms with van der Waals surface area (Å²) in [6, 6.07) is 1.40. The molecule has 0 saturated heterocycles. The van der Waals surface area contributed by atoms with Crippen LogP contribution in [0.25, 0.3) is 0 Å². The summed E-state index contributed by atoms with van der Waals surface area (Å²) in [5.74, 6) is -1.37. The zero-order chi connectivity index (χ0) is 9.40. The highest BCUT2D eigenvalue weighted by Gasteiger charge is 2.07. The number of carboxylic acid groups (broad SMARTS) is 1. The lowest BCUT2D eigenvalue weighted by molar-refractivity contribution is -0.129. The molecule has 0 rings (SSSR count). The number of oxime groups is 1. The largest absolute Gasteiger partial charge is 0.476 e. The Morgan fingerprint density at radius 3 is 2.83 bits per heavy atom. The number of carbonyl (C=O) groups is 1. The minimum Gasteiger partial charge on any atom is -0.476 e. The van der Waals surface area contributed by atoms with Crippen LogP contribution < -0.4 is 0 Å². The molecule has 66 valence electrons. The maximum Gasteiger partial charge on any atom is 0.369 e. The minimum atomic E-state index is -1.37. The molecule has 1 N–H and O–H groups in total. The van der Waals surface area contributed by atoms with Gasteiger partial charge in [0.1, 0.15) is 12.7 Å². The van der Waals surface area contributed by atoms with Gasteiger partial charge in [-0.25, -0.2) is 4.79 Å². The van der Waals surface area contributed by atoms with E-state index in [1.807, 2.05) is 6.92 Å². The lowest BCUT2D eigenvalue weighted by Crippen LogP contribution is -2.10. The van der Waals surface area contributed by atoms with Crippen LogP contribution in [-0.2, 0) is 9.63 Å². The van der Waals surface area contributed by atoms with Gasteiger partial charge >= 0.3 is 5.97 Å². The van der Waals surface area contributed by atoms with Gasteiger partial charge in [-0.1, -0.05) is 18.5 Å². The Kier molecular flexibility index (Phi) is 5.35. The molecular weight excluding hydrogens is 160 g/mol. The highest BCUT2D eigenvalue weighted by molar-refractivity contribution is 6.42. The van der Waals surface area contributed by atoms with E-state index in [4.69, 9.17) is 10.4 Å². The molecule has 0 spiro atoms. The van der Waals surface area contributed by atoms with Crippen LogP contribution in [0.5, 0.6) is 0 Å². The first-order valence-electron chi connectivity index (χ1n) is 3.55. The van der Waals surface area contributed by atoms with Gasteiger partial charge in [0.15, 0.2) is 0 Å². The Labute approximate surface area is 70.2 Å². The van der Waals surface area contributed by atoms with Crippen molar-refractivity contribution >= 4 is 11.7 Å². The van der Waals surface area contributed by atoms with Gasteiger partial charge in [-0.15, -0.1) is 0 Å². The molecular formula is C7H10N2O3. The van der Waals surface area contributed by atoms with Crippen molar-refractivity contribution in [3.8, 4) is 6.07 Å². The second kappa shape index (κ2) is 6.16. The topological polar surface area (TPSA) is 82.7 Å². The van der Waals surface area contributed by atoms with Gasteiger partial charge < -0.3 is 9.94 Å². The van der Waals surface area contributed by atoms with Crippen molar-refractivity contribution in [1.29, 1.82) is 5.26 Å². The van der Waals surface area contributed by atoms with Gasteiger partial charge in [0.25, 0.3) is 5.71 Å². The lowest BCUT2D eigenvalue weighted by atomic mass is 10.4. The molecule has 0 unspecified atom stereocenters. The summed E-state index contributed by atoms with van der Waals surface area (Å²) < 4.78 is 0. The smallest absolute Gasteiger partial charge is 0.369 e. The molecule has 0 bridgehead atoms. The predicted octanol–water partition coefficient (Wildman–Crippen LogP) is 0.767. The van der Waals surface area contributed by atoms with Gasteiger partial charge in [0, 0.05) is 0 Å². The van der Waals surface area contributed by atoms with Crippen LogP contribution in [0.15, 0.2) is 5.16 Å². The zero-order valence-corrected chi connectivity index (χ0v) is 6.78. The maximum atomic E-state index is 10.2. The maximum absolute atomic E-state index is 10.2. The average Bonchev–Trinajstić information content (AvgIpc) is 2.04. The van der Waals surface area contributed by atoms with Crippen LogP contribution in [0.2, 0.25) is 0 Å². The molecule has 0 aromatic rings. The van der Waals surface area contributed by atoms with Gasteiger partial charge in [0.05, 0.1) is 0 Å². The SMILES string of the molecule is CCCCON=C(C#N)C(=O)O. The van der Waals surface area contributed by atoms with Crippen molar-refractivity contribution in [3.63, 3.8) is 0 Å². The summed E-state index contributed by atoms with van der Waals surface area (Å²) in [6.07, 6.45) is 1.73. The average molecular weight is 170 g/mol. The molecule has 12 heavy (non-hydrogen) atoms. The van der Waals surface area contributed by atoms with E-state index in [1.54, 1.807) is 0 Å². The lowest BCUT2D eigenvalue weighted by Gasteiger charge is -1.95. The van der Waals surface area contributed by atoms with E-state index in [-0.39, 0.29) is 0 Å². The van der Waals surface area contributed by atoms with Gasteiger partial charge in [-0.05, 0) is 6.42 Å². The molecule has 5 heteroatoms. The second-order valence-corrected chi connectivity index (χ2v) is 2.04. The number of hydrogen-bond donors (Lipinski definition) is 1. The first-order chi connectivity index (χ1) is 5.72. The van der Waals surface area contributed by atoms with Gasteiger partial charge in [0.2, 0.25) is 0 Å². The molecule has 0 aliphatic carbocycles. The normalized spacial score (nSPS) is 10.5. The summed E-state index contributed by atoms with van der Waals surface area (Å²) in [7, 11) is 0. The van der Waals surface area contributed by atoms with E-state index in [1.165, 1.54) is 6.07 Å². The molecule has 0 fully saturated rings. The summed E-state index contributed by atoms with van der Waals surface area (Å²) in [5.41, 5.74) is -0.619. The van der Waals surface area contributed by atoms with E-state index in [0.717, 1.165) is 12.8 Å². The summed E-state index contributed by atoms with van der Waals surface area (Å²) in [6.45, 7) is 2.31. The number of aliphatic carboxylic acids is 1. The van der Waals surface area contributed by atoms with Gasteiger partial charge in [-0.3, -0.25) is 0 Å². The van der Waals surface area contributed by atoms with E-state index >= 15 is 0 Å². The highest BCUT2D eigenvalue weighted by atomic mass is 16.6. The Morgan fingerprint density at radius 2 is 2.42 bits per heavy atom. The van der Waals surface area contributed by atoms with Crippen molar-refractivity contribution < 1.29 is 14.7 Å². The number of nitrogens with zero attached hydrogens (tertiary/aromatic N) is 2. The fraction of sp³-hybridized carbons (Fsp3) is 0.571. The van der Waals surface area contributed by atoms with Crippen LogP contribution in [0.1, 0.15) is 19.8 Å². The molecule has 5 nitrogen and oxygen atoms in total. The summed E-state index contributed by atoms with van der Waals surface area (Å²) >= 11 is 0. The number of rotatable bonds is 5. The summed E-state index contributed by atoms with van der Waals surface area (Å²) in [5, 5.41) is 19.6. The van der Waals surface area contributed by atoms with E-state index in [0.29, 0.717) is 6.61 Å². The first-order valence-corrected chi connectivity index (χ1v) is 3.55. The molecule has 0 aliphatic heterocycles. The van der Waals surface area contributed by atoms with Crippen LogP contribution in [-0.4, -0.2) is 23.4 Å². The van der Waals surface area contributed by atoms with Crippen LogP contribution in [0, 0.1) is 11.3 Å². The molecule has 0 heterocycles. The summed E-state index contributed by atoms with van der Waals surface area (Å²) in [4.78, 5) is 14.7. The number of hydrogen-bond acceptors (Lipinski definition) is 4. The Bertz CT molecular complexity index is 217. The third-order valence-electron chi connectivity index (χ3n) is 1.05. The van der Waals surface area contributed by atoms with Crippen LogP contribution in [0.3, 0.4) is 0 Å². The standard InChI is InChI=1S/C7H10N2O3/c1-2-3-4-12-9-6(5-8)7(10)11/h2-4H2,1H3,(H,10,11). The quantitative estimate of drug-likeness (QED) is 0.375.